The number of benzene rings is 3. The van der Waals surface area contributed by atoms with Gasteiger partial charge in [0.2, 0.25) is 5.91 Å². The highest BCUT2D eigenvalue weighted by Gasteiger charge is 2.24. The third kappa shape index (κ3) is 5.64. The molecule has 1 aliphatic rings. The summed E-state index contributed by atoms with van der Waals surface area (Å²) in [6.07, 6.45) is 3.88. The van der Waals surface area contributed by atoms with Crippen LogP contribution in [0.4, 0.5) is 11.4 Å². The van der Waals surface area contributed by atoms with Crippen molar-refractivity contribution in [3.63, 3.8) is 0 Å². The first-order valence-electron chi connectivity index (χ1n) is 13.1. The number of ether oxygens (including phenoxy) is 3. The number of carbonyl (C=O) groups is 1. The number of thiophene rings is 1. The zero-order valence-corrected chi connectivity index (χ0v) is 23.1. The van der Waals surface area contributed by atoms with Gasteiger partial charge in [-0.3, -0.25) is 14.6 Å². The summed E-state index contributed by atoms with van der Waals surface area (Å²) in [6.45, 7) is 5.53. The number of rotatable bonds is 9. The first-order chi connectivity index (χ1) is 18.6. The van der Waals surface area contributed by atoms with Crippen molar-refractivity contribution >= 4 is 38.7 Å². The molecular weight excluding hydrogens is 496 g/mol. The molecule has 0 radical (unpaired) electrons. The number of anilines is 2. The van der Waals surface area contributed by atoms with Gasteiger partial charge in [-0.25, -0.2) is 0 Å². The monoisotopic (exact) mass is 530 g/mol. The summed E-state index contributed by atoms with van der Waals surface area (Å²) in [7, 11) is 3.32. The number of fused-ring (bicyclic) bond motifs is 1. The molecule has 198 valence electrons. The molecule has 0 atom stereocenters. The van der Waals surface area contributed by atoms with Crippen LogP contribution in [0.5, 0.6) is 17.2 Å². The second kappa shape index (κ2) is 11.9. The highest BCUT2D eigenvalue weighted by molar-refractivity contribution is 7.23. The maximum atomic E-state index is 13.2. The Labute approximate surface area is 228 Å². The molecule has 0 aliphatic carbocycles. The van der Waals surface area contributed by atoms with Crippen LogP contribution < -0.4 is 19.1 Å². The molecule has 1 amide bonds. The molecule has 0 bridgehead atoms. The SMILES string of the molecule is COc1ccc(-c2sc3cc(OC)ccc3c2N(C(C)=O)c2ccc(OCCN3CCCCC3)cc2)cc1. The Bertz CT molecular complexity index is 1380. The fourth-order valence-electron chi connectivity index (χ4n) is 4.99. The first-order valence-corrected chi connectivity index (χ1v) is 13.9. The Morgan fingerprint density at radius 1 is 0.868 bits per heavy atom. The van der Waals surface area contributed by atoms with Gasteiger partial charge in [0.1, 0.15) is 23.9 Å². The molecule has 1 aliphatic heterocycles. The number of carbonyl (C=O) groups excluding carboxylic acids is 1. The first kappa shape index (κ1) is 26.1. The van der Waals surface area contributed by atoms with Crippen molar-refractivity contribution in [1.29, 1.82) is 0 Å². The van der Waals surface area contributed by atoms with Crippen LogP contribution >= 0.6 is 11.3 Å². The summed E-state index contributed by atoms with van der Waals surface area (Å²) in [5, 5.41) is 0.999. The number of hydrogen-bond acceptors (Lipinski definition) is 6. The number of likely N-dealkylation sites (tertiary alicyclic amines) is 1. The van der Waals surface area contributed by atoms with Crippen molar-refractivity contribution in [2.75, 3.05) is 45.4 Å². The standard InChI is InChI=1S/C31H34N2O4S/c1-22(34)33(24-9-13-26(14-10-24)37-20-19-32-17-5-4-6-18-32)30-28-16-15-27(36-3)21-29(28)38-31(30)23-7-11-25(35-2)12-8-23/h7-16,21H,4-6,17-20H2,1-3H3. The highest BCUT2D eigenvalue weighted by Crippen LogP contribution is 2.48. The molecular formula is C31H34N2O4S. The molecule has 0 spiro atoms. The number of piperidine rings is 1. The van der Waals surface area contributed by atoms with Crippen LogP contribution in [0.25, 0.3) is 20.5 Å². The molecule has 1 fully saturated rings. The molecule has 6 nitrogen and oxygen atoms in total. The maximum absolute atomic E-state index is 13.2. The second-order valence-corrected chi connectivity index (χ2v) is 10.5. The lowest BCUT2D eigenvalue weighted by atomic mass is 10.1. The minimum Gasteiger partial charge on any atom is -0.497 e. The molecule has 0 N–H and O–H groups in total. The Kier molecular flexibility index (Phi) is 8.15. The van der Waals surface area contributed by atoms with E-state index in [0.29, 0.717) is 6.61 Å². The summed E-state index contributed by atoms with van der Waals surface area (Å²) in [5.41, 5.74) is 2.68. The number of hydrogen-bond donors (Lipinski definition) is 0. The van der Waals surface area contributed by atoms with E-state index >= 15 is 0 Å². The van der Waals surface area contributed by atoms with E-state index in [2.05, 4.69) is 4.90 Å². The largest absolute Gasteiger partial charge is 0.497 e. The normalized spacial score (nSPS) is 13.9. The van der Waals surface area contributed by atoms with Crippen LogP contribution in [0.2, 0.25) is 0 Å². The molecule has 3 aromatic carbocycles. The molecule has 5 rings (SSSR count). The minimum absolute atomic E-state index is 0.0611. The summed E-state index contributed by atoms with van der Waals surface area (Å²) < 4.78 is 17.9. The van der Waals surface area contributed by atoms with E-state index in [1.54, 1.807) is 37.4 Å². The smallest absolute Gasteiger partial charge is 0.228 e. The molecule has 7 heteroatoms. The van der Waals surface area contributed by atoms with Gasteiger partial charge < -0.3 is 14.2 Å². The lowest BCUT2D eigenvalue weighted by Crippen LogP contribution is -2.33. The van der Waals surface area contributed by atoms with Crippen LogP contribution in [-0.4, -0.2) is 51.3 Å². The van der Waals surface area contributed by atoms with E-state index in [1.807, 2.05) is 66.7 Å². The molecule has 38 heavy (non-hydrogen) atoms. The number of nitrogens with zero attached hydrogens (tertiary/aromatic N) is 2. The van der Waals surface area contributed by atoms with Gasteiger partial charge in [-0.1, -0.05) is 6.42 Å². The Balaban J connectivity index is 1.47. The van der Waals surface area contributed by atoms with Crippen LogP contribution in [0.3, 0.4) is 0 Å². The van der Waals surface area contributed by atoms with Gasteiger partial charge in [-0.15, -0.1) is 11.3 Å². The fourth-order valence-corrected chi connectivity index (χ4v) is 6.21. The average molecular weight is 531 g/mol. The molecule has 2 heterocycles. The van der Waals surface area contributed by atoms with E-state index in [1.165, 1.54) is 19.3 Å². The topological polar surface area (TPSA) is 51.2 Å². The van der Waals surface area contributed by atoms with Gasteiger partial charge >= 0.3 is 0 Å². The Hall–Kier alpha value is -3.55. The van der Waals surface area contributed by atoms with Gasteiger partial charge in [-0.05, 0) is 98.2 Å². The van der Waals surface area contributed by atoms with Crippen molar-refractivity contribution in [2.24, 2.45) is 0 Å². The third-order valence-electron chi connectivity index (χ3n) is 6.98. The van der Waals surface area contributed by atoms with Crippen molar-refractivity contribution in [2.45, 2.75) is 26.2 Å². The van der Waals surface area contributed by atoms with Gasteiger partial charge in [0.15, 0.2) is 0 Å². The zero-order valence-electron chi connectivity index (χ0n) is 22.2. The number of amides is 1. The average Bonchev–Trinajstić information content (AvgIpc) is 3.32. The minimum atomic E-state index is -0.0611. The van der Waals surface area contributed by atoms with Crippen LogP contribution in [0.15, 0.2) is 66.7 Å². The predicted octanol–water partition coefficient (Wildman–Crippen LogP) is 7.13. The van der Waals surface area contributed by atoms with Crippen molar-refractivity contribution in [3.05, 3.63) is 66.7 Å². The van der Waals surface area contributed by atoms with E-state index in [-0.39, 0.29) is 5.91 Å². The van der Waals surface area contributed by atoms with Gasteiger partial charge in [-0.2, -0.15) is 0 Å². The zero-order chi connectivity index (χ0) is 26.5. The van der Waals surface area contributed by atoms with E-state index in [9.17, 15) is 4.79 Å². The van der Waals surface area contributed by atoms with Crippen molar-refractivity contribution < 1.29 is 19.0 Å². The Morgan fingerprint density at radius 2 is 1.53 bits per heavy atom. The van der Waals surface area contributed by atoms with Crippen molar-refractivity contribution in [3.8, 4) is 27.7 Å². The Morgan fingerprint density at radius 3 is 2.18 bits per heavy atom. The summed E-state index contributed by atoms with van der Waals surface area (Å²) in [4.78, 5) is 18.4. The highest BCUT2D eigenvalue weighted by atomic mass is 32.1. The van der Waals surface area contributed by atoms with E-state index in [0.717, 1.165) is 68.8 Å². The fraction of sp³-hybridized carbons (Fsp3) is 0.323. The van der Waals surface area contributed by atoms with Gasteiger partial charge in [0, 0.05) is 29.2 Å². The van der Waals surface area contributed by atoms with E-state index in [4.69, 9.17) is 14.2 Å². The van der Waals surface area contributed by atoms with Gasteiger partial charge in [0.25, 0.3) is 0 Å². The van der Waals surface area contributed by atoms with Crippen LogP contribution in [-0.2, 0) is 4.79 Å². The van der Waals surface area contributed by atoms with E-state index < -0.39 is 0 Å². The lowest BCUT2D eigenvalue weighted by Gasteiger charge is -2.26. The molecule has 4 aromatic rings. The van der Waals surface area contributed by atoms with Crippen molar-refractivity contribution in [1.82, 2.24) is 4.90 Å². The van der Waals surface area contributed by atoms with Gasteiger partial charge in [0.05, 0.1) is 24.8 Å². The molecule has 0 saturated carbocycles. The summed E-state index contributed by atoms with van der Waals surface area (Å²) in [6, 6.07) is 21.8. The van der Waals surface area contributed by atoms with Crippen LogP contribution in [0, 0.1) is 0 Å². The van der Waals surface area contributed by atoms with Crippen LogP contribution in [0.1, 0.15) is 26.2 Å². The molecule has 1 aromatic heterocycles. The number of methoxy groups -OCH3 is 2. The quantitative estimate of drug-likeness (QED) is 0.230. The predicted molar refractivity (Wildman–Crippen MR) is 155 cm³/mol. The molecule has 1 saturated heterocycles. The molecule has 0 unspecified atom stereocenters. The third-order valence-corrected chi connectivity index (χ3v) is 8.17. The lowest BCUT2D eigenvalue weighted by molar-refractivity contribution is -0.115. The summed E-state index contributed by atoms with van der Waals surface area (Å²) >= 11 is 1.64. The maximum Gasteiger partial charge on any atom is 0.228 e. The summed E-state index contributed by atoms with van der Waals surface area (Å²) in [5.74, 6) is 2.32. The second-order valence-electron chi connectivity index (χ2n) is 9.47.